The summed E-state index contributed by atoms with van der Waals surface area (Å²) in [7, 11) is 0.610. The van der Waals surface area contributed by atoms with Crippen molar-refractivity contribution in [3.8, 4) is 0 Å². The lowest BCUT2D eigenvalue weighted by Gasteiger charge is -2.21. The molecule has 0 amide bonds. The van der Waals surface area contributed by atoms with E-state index >= 15 is 0 Å². The molecule has 0 fully saturated rings. The number of anilines is 1. The first-order valence-electron chi connectivity index (χ1n) is 5.81. The molecule has 1 aromatic carbocycles. The Bertz CT molecular complexity index is 441. The van der Waals surface area contributed by atoms with Gasteiger partial charge in [-0.25, -0.2) is 0 Å². The van der Waals surface area contributed by atoms with Crippen molar-refractivity contribution in [1.82, 2.24) is 0 Å². The molecule has 0 aromatic heterocycles. The smallest absolute Gasteiger partial charge is 0.362 e. The molecule has 0 aliphatic heterocycles. The van der Waals surface area contributed by atoms with E-state index in [0.717, 1.165) is 10.2 Å². The van der Waals surface area contributed by atoms with E-state index in [4.69, 9.17) is 9.05 Å². The maximum atomic E-state index is 12.7. The summed E-state index contributed by atoms with van der Waals surface area (Å²) in [6.07, 6.45) is 0. The van der Waals surface area contributed by atoms with Crippen LogP contribution in [0.4, 0.5) is 5.69 Å². The Kier molecular flexibility index (Phi) is 5.86. The lowest BCUT2D eigenvalue weighted by molar-refractivity contribution is 0.230. The van der Waals surface area contributed by atoms with Crippen molar-refractivity contribution in [2.75, 3.05) is 32.2 Å². The van der Waals surface area contributed by atoms with Gasteiger partial charge in [-0.2, -0.15) is 0 Å². The summed E-state index contributed by atoms with van der Waals surface area (Å²) < 4.78 is 24.2. The molecule has 0 unspecified atom stereocenters. The van der Waals surface area contributed by atoms with Gasteiger partial charge in [0.15, 0.2) is 0 Å². The largest absolute Gasteiger partial charge is 0.378 e. The van der Waals surface area contributed by atoms with Crippen molar-refractivity contribution in [2.24, 2.45) is 0 Å². The molecule has 0 aliphatic carbocycles. The van der Waals surface area contributed by atoms with Crippen molar-refractivity contribution in [3.05, 3.63) is 22.7 Å². The Hall–Kier alpha value is -0.350. The first-order valence-corrected chi connectivity index (χ1v) is 8.14. The number of hydrogen-bond acceptors (Lipinski definition) is 4. The van der Waals surface area contributed by atoms with E-state index < -0.39 is 7.60 Å². The second kappa shape index (κ2) is 6.71. The highest BCUT2D eigenvalue weighted by Gasteiger charge is 2.29. The highest BCUT2D eigenvalue weighted by Crippen LogP contribution is 2.49. The van der Waals surface area contributed by atoms with Crippen LogP contribution in [-0.4, -0.2) is 27.3 Å². The number of nitrogens with zero attached hydrogens (tertiary/aromatic N) is 1. The van der Waals surface area contributed by atoms with Crippen LogP contribution in [0.5, 0.6) is 0 Å². The van der Waals surface area contributed by atoms with E-state index in [2.05, 4.69) is 15.9 Å². The molecule has 4 nitrogen and oxygen atoms in total. The van der Waals surface area contributed by atoms with Gasteiger partial charge in [-0.05, 0) is 48.0 Å². The lowest BCUT2D eigenvalue weighted by atomic mass is 10.3. The molecule has 0 aliphatic rings. The highest BCUT2D eigenvalue weighted by atomic mass is 79.9. The monoisotopic (exact) mass is 335 g/mol. The molecule has 0 bridgehead atoms. The van der Waals surface area contributed by atoms with E-state index in [1.807, 2.05) is 37.2 Å². The topological polar surface area (TPSA) is 38.8 Å². The summed E-state index contributed by atoms with van der Waals surface area (Å²) in [4.78, 5) is 1.94. The fourth-order valence-corrected chi connectivity index (χ4v) is 4.06. The molecule has 0 atom stereocenters. The average molecular weight is 336 g/mol. The van der Waals surface area contributed by atoms with Crippen molar-refractivity contribution in [1.29, 1.82) is 0 Å². The molecule has 0 spiro atoms. The van der Waals surface area contributed by atoms with Gasteiger partial charge in [0, 0.05) is 24.3 Å². The van der Waals surface area contributed by atoms with Gasteiger partial charge in [-0.15, -0.1) is 0 Å². The fourth-order valence-electron chi connectivity index (χ4n) is 1.51. The summed E-state index contributed by atoms with van der Waals surface area (Å²) in [5.41, 5.74) is 0.952. The van der Waals surface area contributed by atoms with Crippen LogP contribution in [0.25, 0.3) is 0 Å². The Morgan fingerprint density at radius 1 is 1.22 bits per heavy atom. The van der Waals surface area contributed by atoms with Crippen LogP contribution in [0.2, 0.25) is 0 Å². The predicted octanol–water partition coefficient (Wildman–Crippen LogP) is 3.41. The Labute approximate surface area is 117 Å². The zero-order valence-corrected chi connectivity index (χ0v) is 13.6. The minimum Gasteiger partial charge on any atom is -0.378 e. The number of halogens is 1. The number of hydrogen-bond donors (Lipinski definition) is 0. The van der Waals surface area contributed by atoms with Crippen molar-refractivity contribution in [3.63, 3.8) is 0 Å². The molecule has 102 valence electrons. The standard InChI is InChI=1S/C12H19BrNO3P/c1-5-16-18(15,17-6-2)12-9-10(14(3)4)7-8-11(12)13/h7-9H,5-6H2,1-4H3. The third-order valence-electron chi connectivity index (χ3n) is 2.34. The van der Waals surface area contributed by atoms with Crippen molar-refractivity contribution >= 4 is 34.5 Å². The molecule has 0 N–H and O–H groups in total. The molecule has 0 saturated heterocycles. The molecule has 18 heavy (non-hydrogen) atoms. The second-order valence-corrected chi connectivity index (χ2v) is 6.71. The van der Waals surface area contributed by atoms with Gasteiger partial charge < -0.3 is 13.9 Å². The molecular weight excluding hydrogens is 317 g/mol. The minimum atomic E-state index is -3.25. The van der Waals surface area contributed by atoms with Gasteiger partial charge in [-0.1, -0.05) is 0 Å². The third kappa shape index (κ3) is 3.58. The van der Waals surface area contributed by atoms with E-state index in [-0.39, 0.29) is 0 Å². The van der Waals surface area contributed by atoms with Crippen LogP contribution in [0.1, 0.15) is 13.8 Å². The SMILES string of the molecule is CCOP(=O)(OCC)c1cc(N(C)C)ccc1Br. The van der Waals surface area contributed by atoms with Crippen LogP contribution in [0, 0.1) is 0 Å². The normalized spacial score (nSPS) is 11.6. The van der Waals surface area contributed by atoms with Gasteiger partial charge in [0.25, 0.3) is 0 Å². The zero-order valence-electron chi connectivity index (χ0n) is 11.1. The first-order chi connectivity index (χ1) is 8.44. The van der Waals surface area contributed by atoms with Gasteiger partial charge in [0.05, 0.1) is 18.5 Å². The predicted molar refractivity (Wildman–Crippen MR) is 79.0 cm³/mol. The molecule has 1 rings (SSSR count). The molecular formula is C12H19BrNO3P. The van der Waals surface area contributed by atoms with Gasteiger partial charge >= 0.3 is 7.60 Å². The quantitative estimate of drug-likeness (QED) is 0.747. The van der Waals surface area contributed by atoms with Crippen LogP contribution in [0.3, 0.4) is 0 Å². The van der Waals surface area contributed by atoms with Gasteiger partial charge in [0.2, 0.25) is 0 Å². The van der Waals surface area contributed by atoms with Crippen molar-refractivity contribution in [2.45, 2.75) is 13.8 Å². The molecule has 0 heterocycles. The summed E-state index contributed by atoms with van der Waals surface area (Å²) in [5.74, 6) is 0. The zero-order chi connectivity index (χ0) is 13.8. The van der Waals surface area contributed by atoms with E-state index in [1.54, 1.807) is 13.8 Å². The maximum Gasteiger partial charge on any atom is 0.362 e. The Morgan fingerprint density at radius 2 is 1.78 bits per heavy atom. The van der Waals surface area contributed by atoms with Crippen LogP contribution in [0.15, 0.2) is 22.7 Å². The van der Waals surface area contributed by atoms with Gasteiger partial charge in [0.1, 0.15) is 0 Å². The average Bonchev–Trinajstić information content (AvgIpc) is 2.29. The van der Waals surface area contributed by atoms with Crippen LogP contribution < -0.4 is 10.2 Å². The minimum absolute atomic E-state index is 0.343. The maximum absolute atomic E-state index is 12.7. The van der Waals surface area contributed by atoms with Crippen LogP contribution >= 0.6 is 23.5 Å². The van der Waals surface area contributed by atoms with Crippen LogP contribution in [-0.2, 0) is 13.6 Å². The molecule has 0 saturated carbocycles. The summed E-state index contributed by atoms with van der Waals surface area (Å²) in [6.45, 7) is 4.29. The van der Waals surface area contributed by atoms with Crippen molar-refractivity contribution < 1.29 is 13.6 Å². The Morgan fingerprint density at radius 3 is 2.22 bits per heavy atom. The summed E-state index contributed by atoms with van der Waals surface area (Å²) >= 11 is 3.40. The van der Waals surface area contributed by atoms with E-state index in [1.165, 1.54) is 0 Å². The second-order valence-electron chi connectivity index (χ2n) is 3.86. The van der Waals surface area contributed by atoms with E-state index in [9.17, 15) is 4.57 Å². The molecule has 1 aromatic rings. The highest BCUT2D eigenvalue weighted by molar-refractivity contribution is 9.10. The molecule has 0 radical (unpaired) electrons. The first kappa shape index (κ1) is 15.7. The Balaban J connectivity index is 3.26. The number of rotatable bonds is 6. The summed E-state index contributed by atoms with van der Waals surface area (Å²) in [5, 5.41) is 0.567. The third-order valence-corrected chi connectivity index (χ3v) is 5.49. The lowest BCUT2D eigenvalue weighted by Crippen LogP contribution is -2.16. The summed E-state index contributed by atoms with van der Waals surface area (Å²) in [6, 6.07) is 5.63. The number of benzene rings is 1. The van der Waals surface area contributed by atoms with Gasteiger partial charge in [-0.3, -0.25) is 4.57 Å². The fraction of sp³-hybridized carbons (Fsp3) is 0.500. The molecule has 6 heteroatoms. The van der Waals surface area contributed by atoms with E-state index in [0.29, 0.717) is 18.5 Å².